The first-order valence-electron chi connectivity index (χ1n) is 10.5. The van der Waals surface area contributed by atoms with Crippen LogP contribution < -0.4 is 5.32 Å². The van der Waals surface area contributed by atoms with Gasteiger partial charge in [0.2, 0.25) is 0 Å². The summed E-state index contributed by atoms with van der Waals surface area (Å²) in [6.45, 7) is 0.597. The number of alkyl carbamates (subject to hydrolysis) is 1. The van der Waals surface area contributed by atoms with Crippen molar-refractivity contribution in [3.05, 3.63) is 99.5 Å². The second-order valence-electron chi connectivity index (χ2n) is 7.68. The lowest BCUT2D eigenvalue weighted by Gasteiger charge is -2.14. The molecular formula is C26H21BrF3NO2. The highest BCUT2D eigenvalue weighted by molar-refractivity contribution is 9.10. The maximum atomic E-state index is 12.7. The normalized spacial score (nSPS) is 13.1. The van der Waals surface area contributed by atoms with E-state index in [1.807, 2.05) is 24.3 Å². The average Bonchev–Trinajstić information content (AvgIpc) is 3.11. The number of hydrogen-bond donors (Lipinski definition) is 1. The van der Waals surface area contributed by atoms with Crippen LogP contribution in [0.3, 0.4) is 0 Å². The molecule has 170 valence electrons. The number of carbonyl (C=O) groups excluding carboxylic acids is 1. The first-order valence-corrected chi connectivity index (χ1v) is 11.3. The summed E-state index contributed by atoms with van der Waals surface area (Å²) < 4.78 is 44.1. The maximum Gasteiger partial charge on any atom is 0.416 e. The Bertz CT molecular complexity index is 1140. The number of ether oxygens (including phenoxy) is 1. The van der Waals surface area contributed by atoms with Gasteiger partial charge in [0.1, 0.15) is 6.61 Å². The molecule has 0 aromatic heterocycles. The summed E-state index contributed by atoms with van der Waals surface area (Å²) in [6, 6.07) is 19.8. The SMILES string of the molecule is O=C(NCCC=Cc1ccc(C(F)(F)F)cc1Br)OCC1c2ccccc2-c2ccccc21. The van der Waals surface area contributed by atoms with Gasteiger partial charge in [0.25, 0.3) is 0 Å². The smallest absolute Gasteiger partial charge is 0.416 e. The summed E-state index contributed by atoms with van der Waals surface area (Å²) in [4.78, 5) is 12.2. The molecule has 3 nitrogen and oxygen atoms in total. The number of alkyl halides is 3. The highest BCUT2D eigenvalue weighted by atomic mass is 79.9. The second-order valence-corrected chi connectivity index (χ2v) is 8.53. The molecule has 7 heteroatoms. The number of fused-ring (bicyclic) bond motifs is 3. The Morgan fingerprint density at radius 3 is 2.24 bits per heavy atom. The van der Waals surface area contributed by atoms with Crippen molar-refractivity contribution < 1.29 is 22.7 Å². The standard InChI is InChI=1S/C26H21BrF3NO2/c27-24-15-18(26(28,29)30)13-12-17(24)7-5-6-14-31-25(32)33-16-23-21-10-3-1-8-19(21)20-9-2-4-11-22(20)23/h1-5,7-13,15,23H,6,14,16H2,(H,31,32). The zero-order chi connectivity index (χ0) is 23.4. The molecule has 0 unspecified atom stereocenters. The molecule has 3 aromatic carbocycles. The van der Waals surface area contributed by atoms with Crippen LogP contribution in [0.1, 0.15) is 34.6 Å². The Morgan fingerprint density at radius 2 is 1.64 bits per heavy atom. The summed E-state index contributed by atoms with van der Waals surface area (Å²) in [5.74, 6) is 0.0000611. The molecule has 0 saturated heterocycles. The zero-order valence-electron chi connectivity index (χ0n) is 17.5. The third-order valence-corrected chi connectivity index (χ3v) is 6.24. The fourth-order valence-electron chi connectivity index (χ4n) is 3.96. The van der Waals surface area contributed by atoms with E-state index in [-0.39, 0.29) is 12.5 Å². The number of nitrogens with one attached hydrogen (secondary N) is 1. The van der Waals surface area contributed by atoms with Crippen LogP contribution >= 0.6 is 15.9 Å². The molecule has 1 aliphatic carbocycles. The molecule has 33 heavy (non-hydrogen) atoms. The molecule has 0 radical (unpaired) electrons. The molecule has 3 aromatic rings. The van der Waals surface area contributed by atoms with E-state index >= 15 is 0 Å². The average molecular weight is 516 g/mol. The molecule has 0 atom stereocenters. The van der Waals surface area contributed by atoms with Crippen LogP contribution in [0.2, 0.25) is 0 Å². The fraction of sp³-hybridized carbons (Fsp3) is 0.192. The molecule has 0 spiro atoms. The minimum Gasteiger partial charge on any atom is -0.449 e. The van der Waals surface area contributed by atoms with Crippen LogP contribution in [0.5, 0.6) is 0 Å². The minimum atomic E-state index is -4.38. The predicted molar refractivity (Wildman–Crippen MR) is 126 cm³/mol. The number of carbonyl (C=O) groups is 1. The first-order chi connectivity index (χ1) is 15.8. The van der Waals surface area contributed by atoms with E-state index in [2.05, 4.69) is 45.5 Å². The molecule has 4 rings (SSSR count). The lowest BCUT2D eigenvalue weighted by molar-refractivity contribution is -0.137. The van der Waals surface area contributed by atoms with E-state index in [4.69, 9.17) is 4.74 Å². The van der Waals surface area contributed by atoms with E-state index < -0.39 is 17.8 Å². The van der Waals surface area contributed by atoms with Crippen molar-refractivity contribution in [3.63, 3.8) is 0 Å². The van der Waals surface area contributed by atoms with Gasteiger partial charge in [-0.25, -0.2) is 4.79 Å². The van der Waals surface area contributed by atoms with Gasteiger partial charge in [0.05, 0.1) is 5.56 Å². The molecule has 0 saturated carbocycles. The highest BCUT2D eigenvalue weighted by Gasteiger charge is 2.31. The van der Waals surface area contributed by atoms with Gasteiger partial charge in [-0.15, -0.1) is 0 Å². The minimum absolute atomic E-state index is 0.0000611. The van der Waals surface area contributed by atoms with E-state index in [0.717, 1.165) is 23.3 Å². The molecule has 0 fully saturated rings. The highest BCUT2D eigenvalue weighted by Crippen LogP contribution is 2.44. The molecular weight excluding hydrogens is 495 g/mol. The summed E-state index contributed by atoms with van der Waals surface area (Å²) in [5, 5.41) is 2.71. The van der Waals surface area contributed by atoms with E-state index in [1.165, 1.54) is 17.2 Å². The Balaban J connectivity index is 1.26. The second kappa shape index (κ2) is 9.83. The number of rotatable bonds is 6. The topological polar surface area (TPSA) is 38.3 Å². The van der Waals surface area contributed by atoms with Gasteiger partial charge in [-0.1, -0.05) is 82.7 Å². The molecule has 0 heterocycles. The number of amides is 1. The van der Waals surface area contributed by atoms with Crippen LogP contribution in [0.4, 0.5) is 18.0 Å². The van der Waals surface area contributed by atoms with E-state index in [9.17, 15) is 18.0 Å². The molecule has 1 N–H and O–H groups in total. The number of benzene rings is 3. The van der Waals surface area contributed by atoms with Crippen molar-refractivity contribution in [3.8, 4) is 11.1 Å². The van der Waals surface area contributed by atoms with Gasteiger partial charge < -0.3 is 10.1 Å². The summed E-state index contributed by atoms with van der Waals surface area (Å²) in [7, 11) is 0. The van der Waals surface area contributed by atoms with Gasteiger partial charge in [-0.05, 0) is 46.4 Å². The molecule has 1 amide bonds. The van der Waals surface area contributed by atoms with Crippen LogP contribution in [-0.4, -0.2) is 19.2 Å². The Labute approximate surface area is 198 Å². The van der Waals surface area contributed by atoms with Crippen molar-refractivity contribution in [1.29, 1.82) is 0 Å². The van der Waals surface area contributed by atoms with Crippen molar-refractivity contribution in [2.75, 3.05) is 13.2 Å². The fourth-order valence-corrected chi connectivity index (χ4v) is 4.47. The maximum absolute atomic E-state index is 12.7. The Hall–Kier alpha value is -3.06. The molecule has 0 bridgehead atoms. The van der Waals surface area contributed by atoms with Crippen LogP contribution in [0.15, 0.2) is 77.3 Å². The largest absolute Gasteiger partial charge is 0.449 e. The van der Waals surface area contributed by atoms with E-state index in [1.54, 1.807) is 12.2 Å². The monoisotopic (exact) mass is 515 g/mol. The number of halogens is 4. The summed E-state index contributed by atoms with van der Waals surface area (Å²) in [6.07, 6.45) is -0.864. The van der Waals surface area contributed by atoms with Gasteiger partial charge in [-0.3, -0.25) is 0 Å². The lowest BCUT2D eigenvalue weighted by Crippen LogP contribution is -2.26. The number of hydrogen-bond acceptors (Lipinski definition) is 2. The summed E-state index contributed by atoms with van der Waals surface area (Å²) in [5.41, 5.74) is 4.56. The third-order valence-electron chi connectivity index (χ3n) is 5.55. The Kier molecular flexibility index (Phi) is 6.88. The molecule has 1 aliphatic rings. The van der Waals surface area contributed by atoms with Crippen LogP contribution in [0.25, 0.3) is 17.2 Å². The van der Waals surface area contributed by atoms with Crippen molar-refractivity contribution in [2.45, 2.75) is 18.5 Å². The predicted octanol–water partition coefficient (Wildman–Crippen LogP) is 7.41. The van der Waals surface area contributed by atoms with Gasteiger partial charge in [-0.2, -0.15) is 13.2 Å². The van der Waals surface area contributed by atoms with Crippen molar-refractivity contribution in [2.24, 2.45) is 0 Å². The zero-order valence-corrected chi connectivity index (χ0v) is 19.1. The van der Waals surface area contributed by atoms with E-state index in [0.29, 0.717) is 23.0 Å². The first kappa shape index (κ1) is 23.1. The van der Waals surface area contributed by atoms with Crippen LogP contribution in [-0.2, 0) is 10.9 Å². The van der Waals surface area contributed by atoms with Crippen LogP contribution in [0, 0.1) is 0 Å². The van der Waals surface area contributed by atoms with Gasteiger partial charge in [0, 0.05) is 16.9 Å². The van der Waals surface area contributed by atoms with Crippen molar-refractivity contribution in [1.82, 2.24) is 5.32 Å². The molecule has 0 aliphatic heterocycles. The quantitative estimate of drug-likeness (QED) is 0.347. The van der Waals surface area contributed by atoms with Gasteiger partial charge >= 0.3 is 12.3 Å². The van der Waals surface area contributed by atoms with Gasteiger partial charge in [0.15, 0.2) is 0 Å². The lowest BCUT2D eigenvalue weighted by atomic mass is 9.98. The third kappa shape index (κ3) is 5.30. The Morgan fingerprint density at radius 1 is 1.00 bits per heavy atom. The van der Waals surface area contributed by atoms with Crippen molar-refractivity contribution >= 4 is 28.1 Å². The summed E-state index contributed by atoms with van der Waals surface area (Å²) >= 11 is 3.17.